The van der Waals surface area contributed by atoms with Gasteiger partial charge in [0.2, 0.25) is 0 Å². The summed E-state index contributed by atoms with van der Waals surface area (Å²) in [6.07, 6.45) is 1.89. The molecule has 2 rings (SSSR count). The van der Waals surface area contributed by atoms with Crippen LogP contribution in [0.2, 0.25) is 0 Å². The van der Waals surface area contributed by atoms with E-state index in [0.29, 0.717) is 11.6 Å². The predicted molar refractivity (Wildman–Crippen MR) is 76.3 cm³/mol. The molecular formula is C11H19N3O3S2. The van der Waals surface area contributed by atoms with Crippen molar-refractivity contribution in [2.45, 2.75) is 43.7 Å². The number of hydrogen-bond acceptors (Lipinski definition) is 7. The van der Waals surface area contributed by atoms with Crippen LogP contribution in [0.25, 0.3) is 0 Å². The minimum atomic E-state index is -3.35. The van der Waals surface area contributed by atoms with Crippen molar-refractivity contribution in [2.24, 2.45) is 0 Å². The minimum Gasteiger partial charge on any atom is -0.382 e. The van der Waals surface area contributed by atoms with Crippen molar-refractivity contribution >= 4 is 32.2 Å². The van der Waals surface area contributed by atoms with Crippen LogP contribution in [0.3, 0.4) is 0 Å². The average molecular weight is 305 g/mol. The number of ether oxygens (including phenoxy) is 1. The molecule has 2 atom stereocenters. The normalized spacial score (nSPS) is 24.3. The van der Waals surface area contributed by atoms with E-state index < -0.39 is 9.84 Å². The fraction of sp³-hybridized carbons (Fsp3) is 0.727. The molecule has 2 unspecified atom stereocenters. The topological polar surface area (TPSA) is 94.3 Å². The standard InChI is InChI=1S/C11H19N3O3S2/c1-3-19(15,16)9-10(12)14-18-11(9)13-8-4-5-17-7(2)6-8/h7-8,13H,3-6H2,1-2H3,(H2,12,14). The molecule has 0 spiro atoms. The van der Waals surface area contributed by atoms with Crippen LogP contribution < -0.4 is 11.1 Å². The highest BCUT2D eigenvalue weighted by atomic mass is 32.2. The van der Waals surface area contributed by atoms with Crippen LogP contribution in [0.5, 0.6) is 0 Å². The second-order valence-corrected chi connectivity index (χ2v) is 7.67. The zero-order chi connectivity index (χ0) is 14.0. The SMILES string of the molecule is CCS(=O)(=O)c1c(N)nsc1NC1CCOC(C)C1. The predicted octanol–water partition coefficient (Wildman–Crippen LogP) is 1.50. The van der Waals surface area contributed by atoms with Gasteiger partial charge in [0, 0.05) is 12.6 Å². The van der Waals surface area contributed by atoms with E-state index in [4.69, 9.17) is 10.5 Å². The number of nitrogens with two attached hydrogens (primary N) is 1. The van der Waals surface area contributed by atoms with E-state index >= 15 is 0 Å². The summed E-state index contributed by atoms with van der Waals surface area (Å²) in [7, 11) is -3.35. The largest absolute Gasteiger partial charge is 0.382 e. The third-order valence-corrected chi connectivity index (χ3v) is 5.90. The van der Waals surface area contributed by atoms with E-state index in [-0.39, 0.29) is 28.6 Å². The molecule has 1 saturated heterocycles. The van der Waals surface area contributed by atoms with Crippen LogP contribution in [0.15, 0.2) is 4.90 Å². The third-order valence-electron chi connectivity index (χ3n) is 3.19. The first-order valence-electron chi connectivity index (χ1n) is 6.30. The quantitative estimate of drug-likeness (QED) is 0.875. The highest BCUT2D eigenvalue weighted by Gasteiger charge is 2.27. The van der Waals surface area contributed by atoms with Gasteiger partial charge in [0.25, 0.3) is 0 Å². The van der Waals surface area contributed by atoms with E-state index in [0.717, 1.165) is 24.4 Å². The minimum absolute atomic E-state index is 0.0223. The molecule has 8 heteroatoms. The van der Waals surface area contributed by atoms with Crippen LogP contribution in [-0.4, -0.2) is 37.3 Å². The van der Waals surface area contributed by atoms with Gasteiger partial charge in [0.15, 0.2) is 15.7 Å². The summed E-state index contributed by atoms with van der Waals surface area (Å²) in [4.78, 5) is 0.152. The van der Waals surface area contributed by atoms with Crippen molar-refractivity contribution < 1.29 is 13.2 Å². The summed E-state index contributed by atoms with van der Waals surface area (Å²) in [5.74, 6) is 0.114. The number of sulfone groups is 1. The van der Waals surface area contributed by atoms with E-state index in [1.165, 1.54) is 0 Å². The molecule has 1 fully saturated rings. The molecule has 6 nitrogen and oxygen atoms in total. The maximum absolute atomic E-state index is 12.0. The van der Waals surface area contributed by atoms with Crippen molar-refractivity contribution in [2.75, 3.05) is 23.4 Å². The van der Waals surface area contributed by atoms with E-state index in [1.807, 2.05) is 6.92 Å². The van der Waals surface area contributed by atoms with Crippen LogP contribution in [0.4, 0.5) is 10.8 Å². The Morgan fingerprint density at radius 1 is 1.58 bits per heavy atom. The van der Waals surface area contributed by atoms with E-state index in [2.05, 4.69) is 9.69 Å². The van der Waals surface area contributed by atoms with Gasteiger partial charge in [-0.25, -0.2) is 8.42 Å². The number of anilines is 2. The molecule has 0 aliphatic carbocycles. The number of nitrogen functional groups attached to an aromatic ring is 1. The van der Waals surface area contributed by atoms with Crippen molar-refractivity contribution in [3.05, 3.63) is 0 Å². The van der Waals surface area contributed by atoms with Gasteiger partial charge in [0.05, 0.1) is 11.9 Å². The Hall–Kier alpha value is -0.860. The molecule has 3 N–H and O–H groups in total. The second-order valence-electron chi connectivity index (χ2n) is 4.68. The molecular weight excluding hydrogens is 286 g/mol. The van der Waals surface area contributed by atoms with Crippen LogP contribution in [-0.2, 0) is 14.6 Å². The van der Waals surface area contributed by atoms with Crippen LogP contribution in [0.1, 0.15) is 26.7 Å². The lowest BCUT2D eigenvalue weighted by Crippen LogP contribution is -2.32. The van der Waals surface area contributed by atoms with Gasteiger partial charge in [-0.3, -0.25) is 0 Å². The lowest BCUT2D eigenvalue weighted by Gasteiger charge is -2.28. The Kier molecular flexibility index (Phi) is 4.32. The first-order chi connectivity index (χ1) is 8.94. The van der Waals surface area contributed by atoms with Crippen molar-refractivity contribution in [3.8, 4) is 0 Å². The van der Waals surface area contributed by atoms with E-state index in [1.54, 1.807) is 6.92 Å². The average Bonchev–Trinajstić information content (AvgIpc) is 2.71. The first kappa shape index (κ1) is 14.5. The van der Waals surface area contributed by atoms with Gasteiger partial charge in [-0.1, -0.05) is 6.92 Å². The fourth-order valence-electron chi connectivity index (χ4n) is 2.15. The van der Waals surface area contributed by atoms with Gasteiger partial charge in [-0.15, -0.1) is 0 Å². The molecule has 0 saturated carbocycles. The van der Waals surface area contributed by atoms with E-state index in [9.17, 15) is 8.42 Å². The van der Waals surface area contributed by atoms with Gasteiger partial charge >= 0.3 is 0 Å². The molecule has 1 aliphatic rings. The van der Waals surface area contributed by atoms with Gasteiger partial charge in [-0.05, 0) is 31.3 Å². The highest BCUT2D eigenvalue weighted by molar-refractivity contribution is 7.91. The molecule has 108 valence electrons. The number of rotatable bonds is 4. The van der Waals surface area contributed by atoms with Crippen LogP contribution >= 0.6 is 11.5 Å². The Morgan fingerprint density at radius 2 is 2.32 bits per heavy atom. The molecule has 19 heavy (non-hydrogen) atoms. The van der Waals surface area contributed by atoms with Crippen molar-refractivity contribution in [1.29, 1.82) is 0 Å². The summed E-state index contributed by atoms with van der Waals surface area (Å²) in [5, 5.41) is 3.81. The third kappa shape index (κ3) is 3.18. The first-order valence-corrected chi connectivity index (χ1v) is 8.72. The Morgan fingerprint density at radius 3 is 2.95 bits per heavy atom. The lowest BCUT2D eigenvalue weighted by atomic mass is 10.0. The molecule has 1 aromatic heterocycles. The molecule has 0 radical (unpaired) electrons. The van der Waals surface area contributed by atoms with Crippen molar-refractivity contribution in [1.82, 2.24) is 4.37 Å². The molecule has 0 bridgehead atoms. The number of nitrogens with zero attached hydrogens (tertiary/aromatic N) is 1. The molecule has 0 amide bonds. The van der Waals surface area contributed by atoms with Crippen molar-refractivity contribution in [3.63, 3.8) is 0 Å². The Labute approximate surface area is 117 Å². The molecule has 2 heterocycles. The summed E-state index contributed by atoms with van der Waals surface area (Å²) < 4.78 is 33.5. The Balaban J connectivity index is 2.22. The smallest absolute Gasteiger partial charge is 0.184 e. The van der Waals surface area contributed by atoms with Gasteiger partial charge < -0.3 is 15.8 Å². The summed E-state index contributed by atoms with van der Waals surface area (Å²) >= 11 is 1.11. The van der Waals surface area contributed by atoms with Gasteiger partial charge in [-0.2, -0.15) is 4.37 Å². The molecule has 1 aliphatic heterocycles. The van der Waals surface area contributed by atoms with Crippen LogP contribution in [0, 0.1) is 0 Å². The zero-order valence-electron chi connectivity index (χ0n) is 11.0. The number of nitrogens with one attached hydrogen (secondary N) is 1. The summed E-state index contributed by atoms with van der Waals surface area (Å²) in [6, 6.07) is 0.203. The molecule has 1 aromatic rings. The highest BCUT2D eigenvalue weighted by Crippen LogP contribution is 2.33. The van der Waals surface area contributed by atoms with Gasteiger partial charge in [0.1, 0.15) is 9.90 Å². The summed E-state index contributed by atoms with van der Waals surface area (Å²) in [6.45, 7) is 4.30. The second kappa shape index (κ2) is 5.64. The maximum Gasteiger partial charge on any atom is 0.184 e. The Bertz CT molecular complexity index is 541. The fourth-order valence-corrected chi connectivity index (χ4v) is 4.38. The number of hydrogen-bond donors (Lipinski definition) is 2. The maximum atomic E-state index is 12.0. The summed E-state index contributed by atoms with van der Waals surface area (Å²) in [5.41, 5.74) is 5.69. The zero-order valence-corrected chi connectivity index (χ0v) is 12.7. The lowest BCUT2D eigenvalue weighted by molar-refractivity contribution is 0.0232. The number of aromatic nitrogens is 1. The molecule has 0 aromatic carbocycles. The monoisotopic (exact) mass is 305 g/mol.